The number of hydrogen-bond donors (Lipinski definition) is 1. The van der Waals surface area contributed by atoms with Crippen molar-refractivity contribution in [2.24, 2.45) is 0 Å². The maximum Gasteiger partial charge on any atom is 0.335 e. The number of aromatic carboxylic acids is 1. The molecule has 4 aromatic rings. The van der Waals surface area contributed by atoms with Crippen LogP contribution in [0.4, 0.5) is 0 Å². The number of nitrogens with zero attached hydrogens (tertiary/aromatic N) is 4. The third kappa shape index (κ3) is 6.35. The van der Waals surface area contributed by atoms with Gasteiger partial charge in [-0.25, -0.2) is 14.5 Å². The molecule has 0 aliphatic carbocycles. The van der Waals surface area contributed by atoms with Gasteiger partial charge >= 0.3 is 5.97 Å². The van der Waals surface area contributed by atoms with E-state index in [1.807, 2.05) is 30.3 Å². The molecule has 10 heteroatoms. The Bertz CT molecular complexity index is 1520. The third-order valence-corrected chi connectivity index (χ3v) is 8.03. The van der Waals surface area contributed by atoms with Crippen LogP contribution in [-0.2, 0) is 11.5 Å². The fourth-order valence-corrected chi connectivity index (χ4v) is 4.93. The topological polar surface area (TPSA) is 107 Å². The lowest BCUT2D eigenvalue weighted by Crippen LogP contribution is -2.22. The van der Waals surface area contributed by atoms with Gasteiger partial charge < -0.3 is 19.5 Å². The Kier molecular flexibility index (Phi) is 8.17. The molecule has 2 heterocycles. The van der Waals surface area contributed by atoms with Gasteiger partial charge in [-0.15, -0.1) is 0 Å². The summed E-state index contributed by atoms with van der Waals surface area (Å²) < 4.78 is 13.3. The number of methoxy groups -OCH3 is 1. The zero-order valence-electron chi connectivity index (χ0n) is 23.2. The second-order valence-electron chi connectivity index (χ2n) is 10.8. The number of carbonyl (C=O) groups excluding carboxylic acids is 1. The number of fused-ring (bicyclic) bond motifs is 1. The summed E-state index contributed by atoms with van der Waals surface area (Å²) >= 11 is 0. The minimum atomic E-state index is -1.24. The van der Waals surface area contributed by atoms with Crippen molar-refractivity contribution in [3.8, 4) is 28.1 Å². The normalized spacial score (nSPS) is 11.5. The molecule has 39 heavy (non-hydrogen) atoms. The summed E-state index contributed by atoms with van der Waals surface area (Å²) in [5.41, 5.74) is 3.64. The predicted molar refractivity (Wildman–Crippen MR) is 154 cm³/mol. The van der Waals surface area contributed by atoms with Gasteiger partial charge in [0.25, 0.3) is 5.91 Å². The smallest absolute Gasteiger partial charge is 0.335 e. The van der Waals surface area contributed by atoms with E-state index in [9.17, 15) is 14.7 Å². The van der Waals surface area contributed by atoms with Gasteiger partial charge in [0.05, 0.1) is 12.7 Å². The van der Waals surface area contributed by atoms with E-state index in [1.165, 1.54) is 11.0 Å². The molecule has 4 rings (SSSR count). The molecule has 0 unspecified atom stereocenters. The second-order valence-corrected chi connectivity index (χ2v) is 16.4. The molecular weight excluding hydrogens is 512 g/mol. The highest BCUT2D eigenvalue weighted by atomic mass is 28.3. The zero-order valence-corrected chi connectivity index (χ0v) is 24.2. The standard InChI is InChI=1S/C29H34N4O5Si/c1-32(2)28(34)20-13-19(14-21(15-20)29(35)36)22-16-24-26(23-9-7-8-10-25(23)37-3)31-33(27(24)30-17-22)18-38-11-12-39(4,5)6/h7-10,13-17H,11-12,18H2,1-6H3,(H,35,36). The quantitative estimate of drug-likeness (QED) is 0.207. The molecule has 0 saturated carbocycles. The summed E-state index contributed by atoms with van der Waals surface area (Å²) in [6, 6.07) is 15.2. The molecule has 0 atom stereocenters. The van der Waals surface area contributed by atoms with Crippen LogP contribution in [0, 0.1) is 0 Å². The summed E-state index contributed by atoms with van der Waals surface area (Å²) in [4.78, 5) is 30.7. The average molecular weight is 547 g/mol. The van der Waals surface area contributed by atoms with Crippen LogP contribution in [0.1, 0.15) is 20.7 Å². The SMILES string of the molecule is COc1ccccc1-c1nn(COCC[Si](C)(C)C)c2ncc(-c3cc(C(=O)O)cc(C(=O)N(C)C)c3)cc12. The number of hydrogen-bond acceptors (Lipinski definition) is 6. The average Bonchev–Trinajstić information content (AvgIpc) is 3.27. The molecule has 204 valence electrons. The highest BCUT2D eigenvalue weighted by Gasteiger charge is 2.20. The maximum absolute atomic E-state index is 12.7. The van der Waals surface area contributed by atoms with E-state index in [1.54, 1.807) is 44.2 Å². The van der Waals surface area contributed by atoms with E-state index in [0.717, 1.165) is 17.0 Å². The Labute approximate surface area is 229 Å². The van der Waals surface area contributed by atoms with Crippen molar-refractivity contribution < 1.29 is 24.2 Å². The summed E-state index contributed by atoms with van der Waals surface area (Å²) in [7, 11) is 3.63. The minimum Gasteiger partial charge on any atom is -0.496 e. The Balaban J connectivity index is 1.84. The number of para-hydroxylation sites is 1. The van der Waals surface area contributed by atoms with Crippen LogP contribution in [-0.4, -0.2) is 72.5 Å². The minimum absolute atomic E-state index is 0.0224. The van der Waals surface area contributed by atoms with Gasteiger partial charge in [0.15, 0.2) is 5.65 Å². The highest BCUT2D eigenvalue weighted by molar-refractivity contribution is 6.76. The van der Waals surface area contributed by atoms with Gasteiger partial charge in [-0.2, -0.15) is 5.10 Å². The fraction of sp³-hybridized carbons (Fsp3) is 0.310. The third-order valence-electron chi connectivity index (χ3n) is 6.33. The van der Waals surface area contributed by atoms with Gasteiger partial charge in [0.1, 0.15) is 18.2 Å². The van der Waals surface area contributed by atoms with E-state index in [-0.39, 0.29) is 23.8 Å². The predicted octanol–water partition coefficient (Wildman–Crippen LogP) is 5.49. The van der Waals surface area contributed by atoms with Gasteiger partial charge in [-0.05, 0) is 48.0 Å². The number of benzene rings is 2. The Morgan fingerprint density at radius 3 is 2.41 bits per heavy atom. The number of carbonyl (C=O) groups is 2. The van der Waals surface area contributed by atoms with Crippen LogP contribution in [0.15, 0.2) is 54.7 Å². The largest absolute Gasteiger partial charge is 0.496 e. The molecule has 0 aliphatic heterocycles. The van der Waals surface area contributed by atoms with E-state index < -0.39 is 14.0 Å². The Morgan fingerprint density at radius 2 is 1.74 bits per heavy atom. The van der Waals surface area contributed by atoms with E-state index >= 15 is 0 Å². The highest BCUT2D eigenvalue weighted by Crippen LogP contribution is 2.36. The van der Waals surface area contributed by atoms with Crippen molar-refractivity contribution >= 4 is 31.0 Å². The molecule has 0 saturated heterocycles. The summed E-state index contributed by atoms with van der Waals surface area (Å²) in [6.07, 6.45) is 1.67. The molecule has 2 aromatic carbocycles. The van der Waals surface area contributed by atoms with Crippen molar-refractivity contribution in [1.29, 1.82) is 0 Å². The molecule has 2 aromatic heterocycles. The van der Waals surface area contributed by atoms with Crippen LogP contribution in [0.2, 0.25) is 25.7 Å². The molecule has 9 nitrogen and oxygen atoms in total. The monoisotopic (exact) mass is 546 g/mol. The summed E-state index contributed by atoms with van der Waals surface area (Å²) in [5, 5.41) is 15.3. The van der Waals surface area contributed by atoms with Crippen LogP contribution in [0.25, 0.3) is 33.4 Å². The first-order valence-corrected chi connectivity index (χ1v) is 16.4. The van der Waals surface area contributed by atoms with Crippen molar-refractivity contribution in [3.63, 3.8) is 0 Å². The van der Waals surface area contributed by atoms with Gasteiger partial charge in [0, 0.05) is 57.0 Å². The van der Waals surface area contributed by atoms with Crippen LogP contribution in [0.3, 0.4) is 0 Å². The van der Waals surface area contributed by atoms with Gasteiger partial charge in [-0.3, -0.25) is 4.79 Å². The van der Waals surface area contributed by atoms with Crippen LogP contribution < -0.4 is 4.74 Å². The van der Waals surface area contributed by atoms with E-state index in [4.69, 9.17) is 19.6 Å². The number of carboxylic acids is 1. The van der Waals surface area contributed by atoms with Gasteiger partial charge in [-0.1, -0.05) is 31.8 Å². The number of carboxylic acid groups (broad SMARTS) is 1. The molecule has 0 fully saturated rings. The molecule has 1 N–H and O–H groups in total. The van der Waals surface area contributed by atoms with E-state index in [2.05, 4.69) is 19.6 Å². The molecule has 0 spiro atoms. The summed E-state index contributed by atoms with van der Waals surface area (Å²) in [6.45, 7) is 7.81. The lowest BCUT2D eigenvalue weighted by molar-refractivity contribution is 0.0697. The molecule has 0 radical (unpaired) electrons. The van der Waals surface area contributed by atoms with Crippen LogP contribution in [0.5, 0.6) is 5.75 Å². The van der Waals surface area contributed by atoms with Crippen molar-refractivity contribution in [1.82, 2.24) is 19.7 Å². The lowest BCUT2D eigenvalue weighted by Gasteiger charge is -2.15. The van der Waals surface area contributed by atoms with Gasteiger partial charge in [0.2, 0.25) is 0 Å². The van der Waals surface area contributed by atoms with Crippen molar-refractivity contribution in [2.75, 3.05) is 27.8 Å². The first kappa shape index (κ1) is 28.0. The van der Waals surface area contributed by atoms with Crippen molar-refractivity contribution in [2.45, 2.75) is 32.4 Å². The number of aromatic nitrogens is 3. The first-order valence-electron chi connectivity index (χ1n) is 12.7. The fourth-order valence-electron chi connectivity index (χ4n) is 4.18. The van der Waals surface area contributed by atoms with Crippen molar-refractivity contribution in [3.05, 3.63) is 65.9 Å². The molecular formula is C29H34N4O5Si. The van der Waals surface area contributed by atoms with E-state index in [0.29, 0.717) is 34.8 Å². The molecule has 0 aliphatic rings. The molecule has 1 amide bonds. The van der Waals surface area contributed by atoms with Crippen LogP contribution >= 0.6 is 0 Å². The number of pyridine rings is 1. The lowest BCUT2D eigenvalue weighted by atomic mass is 9.99. The first-order chi connectivity index (χ1) is 18.5. The number of ether oxygens (including phenoxy) is 2. The molecule has 0 bridgehead atoms. The number of amides is 1. The zero-order chi connectivity index (χ0) is 28.3. The number of rotatable bonds is 10. The Morgan fingerprint density at radius 1 is 1.03 bits per heavy atom. The second kappa shape index (κ2) is 11.4. The maximum atomic E-state index is 12.7. The summed E-state index contributed by atoms with van der Waals surface area (Å²) in [5.74, 6) is -0.732. The Hall–Kier alpha value is -4.02.